The molecule has 1 aromatic carbocycles. The van der Waals surface area contributed by atoms with Crippen LogP contribution in [-0.2, 0) is 29.3 Å². The maximum Gasteiger partial charge on any atom is 0.305 e. The Hall–Kier alpha value is -3.70. The summed E-state index contributed by atoms with van der Waals surface area (Å²) in [6, 6.07) is 2.03. The Bertz CT molecular complexity index is 1400. The highest BCUT2D eigenvalue weighted by molar-refractivity contribution is 6.24. The van der Waals surface area contributed by atoms with Crippen LogP contribution in [0.5, 0.6) is 5.75 Å². The van der Waals surface area contributed by atoms with Gasteiger partial charge in [0.25, 0.3) is 5.91 Å². The summed E-state index contributed by atoms with van der Waals surface area (Å²) in [6.07, 6.45) is -1.49. The first-order chi connectivity index (χ1) is 18.4. The van der Waals surface area contributed by atoms with Crippen molar-refractivity contribution in [2.75, 3.05) is 14.1 Å². The van der Waals surface area contributed by atoms with Crippen LogP contribution in [0.2, 0.25) is 0 Å². The zero-order valence-electron chi connectivity index (χ0n) is 23.6. The maximum absolute atomic E-state index is 14.3. The summed E-state index contributed by atoms with van der Waals surface area (Å²) in [5, 5.41) is 46.1. The van der Waals surface area contributed by atoms with Crippen LogP contribution in [0, 0.1) is 11.8 Å². The number of hydrogen-bond acceptors (Lipinski definition) is 10. The number of aliphatic hydroxyl groups excluding tert-OH is 2. The van der Waals surface area contributed by atoms with Crippen LogP contribution in [0.25, 0.3) is 5.76 Å². The normalized spacial score (nSPS) is 30.2. The summed E-state index contributed by atoms with van der Waals surface area (Å²) < 4.78 is 5.82. The Morgan fingerprint density at radius 2 is 1.73 bits per heavy atom. The Kier molecular flexibility index (Phi) is 6.92. The van der Waals surface area contributed by atoms with Gasteiger partial charge in [0.15, 0.2) is 11.4 Å². The van der Waals surface area contributed by atoms with Crippen molar-refractivity contribution in [3.63, 3.8) is 0 Å². The van der Waals surface area contributed by atoms with Gasteiger partial charge in [-0.25, -0.2) is 0 Å². The number of nitrogens with two attached hydrogens (primary N) is 1. The molecule has 0 spiro atoms. The van der Waals surface area contributed by atoms with Gasteiger partial charge < -0.3 is 30.9 Å². The van der Waals surface area contributed by atoms with E-state index in [2.05, 4.69) is 0 Å². The maximum atomic E-state index is 14.3. The number of nitrogens with zero attached hydrogens (tertiary/aromatic N) is 1. The molecule has 11 heteroatoms. The summed E-state index contributed by atoms with van der Waals surface area (Å²) in [4.78, 5) is 54.1. The second kappa shape index (κ2) is 9.45. The number of phenolic OH excluding ortho intramolecular Hbond substituents is 1. The molecule has 0 aromatic heterocycles. The average Bonchev–Trinajstić information content (AvgIpc) is 2.84. The fourth-order valence-corrected chi connectivity index (χ4v) is 6.57. The second-order valence-corrected chi connectivity index (χ2v) is 12.0. The molecule has 0 radical (unpaired) electrons. The predicted octanol–water partition coefficient (Wildman–Crippen LogP) is 1.75. The summed E-state index contributed by atoms with van der Waals surface area (Å²) >= 11 is 0. The van der Waals surface area contributed by atoms with Gasteiger partial charge in [-0.15, -0.1) is 0 Å². The van der Waals surface area contributed by atoms with E-state index in [0.717, 1.165) is 0 Å². The van der Waals surface area contributed by atoms with Crippen molar-refractivity contribution in [1.82, 2.24) is 4.90 Å². The van der Waals surface area contributed by atoms with E-state index in [1.807, 2.05) is 20.8 Å². The van der Waals surface area contributed by atoms with Crippen LogP contribution in [0.3, 0.4) is 0 Å². The molecule has 0 bridgehead atoms. The smallest absolute Gasteiger partial charge is 0.305 e. The number of esters is 1. The van der Waals surface area contributed by atoms with Gasteiger partial charge in [-0.05, 0) is 31.0 Å². The Labute approximate surface area is 231 Å². The standard InChI is InChI=1S/C29H36N2O9/c1-8-14(32)40-24-15-11(2)12-9-10-13(28(3,4)5)21(33)16(12)22(34)17(15)25(36)29(39)19(24)20(31(6)7)23(35)18(26(29)37)27(30)38/h9-11,15,19-20,24,33-34,37,39H,8H2,1-7H3,(H2,30,38)/t11-,15+,19+,20-,24-,29-/m1/s1. The lowest BCUT2D eigenvalue weighted by Crippen LogP contribution is -2.71. The number of amides is 1. The van der Waals surface area contributed by atoms with Crippen LogP contribution in [-0.4, -0.2) is 80.6 Å². The Morgan fingerprint density at radius 1 is 1.12 bits per heavy atom. The number of likely N-dealkylation sites (N-methyl/N-ethyl adjacent to an activating group) is 1. The molecule has 3 aliphatic rings. The molecule has 1 amide bonds. The number of carbonyl (C=O) groups excluding carboxylic acids is 4. The zero-order chi connectivity index (χ0) is 30.2. The number of rotatable bonds is 4. The number of benzene rings is 1. The molecule has 1 aromatic rings. The van der Waals surface area contributed by atoms with Crippen LogP contribution >= 0.6 is 0 Å². The zero-order valence-corrected chi connectivity index (χ0v) is 23.6. The van der Waals surface area contributed by atoms with Crippen LogP contribution in [0.1, 0.15) is 63.6 Å². The van der Waals surface area contributed by atoms with E-state index in [1.165, 1.54) is 19.0 Å². The monoisotopic (exact) mass is 556 g/mol. The summed E-state index contributed by atoms with van der Waals surface area (Å²) in [6.45, 7) is 8.85. The third kappa shape index (κ3) is 3.86. The molecular weight excluding hydrogens is 520 g/mol. The van der Waals surface area contributed by atoms with E-state index in [0.29, 0.717) is 11.1 Å². The fraction of sp³-hybridized carbons (Fsp3) is 0.517. The van der Waals surface area contributed by atoms with Crippen molar-refractivity contribution in [1.29, 1.82) is 0 Å². The van der Waals surface area contributed by atoms with Gasteiger partial charge >= 0.3 is 5.97 Å². The molecule has 0 aliphatic heterocycles. The number of hydrogen-bond donors (Lipinski definition) is 5. The number of primary amides is 1. The molecule has 6 atom stereocenters. The summed E-state index contributed by atoms with van der Waals surface area (Å²) in [7, 11) is 2.95. The number of ketones is 2. The third-order valence-corrected chi connectivity index (χ3v) is 8.47. The van der Waals surface area contributed by atoms with Crippen LogP contribution in [0.4, 0.5) is 0 Å². The minimum absolute atomic E-state index is 0.0169. The SMILES string of the molecule is CCC(=O)O[C@@H]1[C@@H]2C(=C(O)c3c(ccc(C(C)(C)C)c3O)[C@H]2C)C(=O)[C@@]2(O)C(O)=C(C(N)=O)C(=O)[C@H](N(C)C)[C@@H]12. The van der Waals surface area contributed by atoms with Gasteiger partial charge in [-0.2, -0.15) is 0 Å². The van der Waals surface area contributed by atoms with E-state index < -0.39 is 87.0 Å². The number of phenols is 1. The van der Waals surface area contributed by atoms with E-state index in [4.69, 9.17) is 10.5 Å². The molecule has 3 aliphatic carbocycles. The highest BCUT2D eigenvalue weighted by Crippen LogP contribution is 2.57. The van der Waals surface area contributed by atoms with Crippen molar-refractivity contribution < 1.29 is 44.3 Å². The molecule has 0 heterocycles. The van der Waals surface area contributed by atoms with Gasteiger partial charge in [0, 0.05) is 23.5 Å². The summed E-state index contributed by atoms with van der Waals surface area (Å²) in [5.41, 5.74) is 1.50. The molecule has 216 valence electrons. The first kappa shape index (κ1) is 29.3. The molecule has 1 fully saturated rings. The minimum Gasteiger partial charge on any atom is -0.508 e. The van der Waals surface area contributed by atoms with Gasteiger partial charge in [0.1, 0.15) is 28.9 Å². The van der Waals surface area contributed by atoms with Crippen molar-refractivity contribution >= 4 is 29.2 Å². The van der Waals surface area contributed by atoms with Gasteiger partial charge in [0.2, 0.25) is 5.78 Å². The molecular formula is C29H36N2O9. The molecule has 0 saturated heterocycles. The fourth-order valence-electron chi connectivity index (χ4n) is 6.57. The first-order valence-corrected chi connectivity index (χ1v) is 13.1. The first-order valence-electron chi connectivity index (χ1n) is 13.1. The molecule has 40 heavy (non-hydrogen) atoms. The molecule has 11 nitrogen and oxygen atoms in total. The van der Waals surface area contributed by atoms with Crippen molar-refractivity contribution in [2.24, 2.45) is 17.6 Å². The number of ether oxygens (including phenoxy) is 1. The van der Waals surface area contributed by atoms with Crippen LogP contribution < -0.4 is 5.73 Å². The van der Waals surface area contributed by atoms with Gasteiger partial charge in [0.05, 0.1) is 17.5 Å². The van der Waals surface area contributed by atoms with Gasteiger partial charge in [-0.1, -0.05) is 46.8 Å². The lowest BCUT2D eigenvalue weighted by atomic mass is 9.54. The third-order valence-electron chi connectivity index (χ3n) is 8.47. The van der Waals surface area contributed by atoms with Crippen molar-refractivity contribution in [2.45, 2.75) is 70.1 Å². The van der Waals surface area contributed by atoms with E-state index in [-0.39, 0.29) is 17.7 Å². The number of aliphatic hydroxyl groups is 3. The lowest BCUT2D eigenvalue weighted by Gasteiger charge is -2.54. The quantitative estimate of drug-likeness (QED) is 0.270. The average molecular weight is 557 g/mol. The van der Waals surface area contributed by atoms with Crippen LogP contribution in [0.15, 0.2) is 29.0 Å². The number of aromatic hydroxyl groups is 1. The van der Waals surface area contributed by atoms with E-state index in [9.17, 15) is 39.6 Å². The van der Waals surface area contributed by atoms with Crippen molar-refractivity contribution in [3.8, 4) is 5.75 Å². The summed E-state index contributed by atoms with van der Waals surface area (Å²) in [5.74, 6) is -9.65. The van der Waals surface area contributed by atoms with Gasteiger partial charge in [-0.3, -0.25) is 24.1 Å². The minimum atomic E-state index is -2.96. The number of fused-ring (bicyclic) bond motifs is 3. The highest BCUT2D eigenvalue weighted by Gasteiger charge is 2.69. The number of carbonyl (C=O) groups is 4. The second-order valence-electron chi connectivity index (χ2n) is 12.0. The molecule has 6 N–H and O–H groups in total. The van der Waals surface area contributed by atoms with Crippen molar-refractivity contribution in [3.05, 3.63) is 45.7 Å². The number of Topliss-reactive ketones (excluding diaryl/α,β-unsaturated/α-hetero) is 2. The largest absolute Gasteiger partial charge is 0.508 e. The molecule has 0 unspecified atom stereocenters. The Morgan fingerprint density at radius 3 is 2.23 bits per heavy atom. The molecule has 4 rings (SSSR count). The predicted molar refractivity (Wildman–Crippen MR) is 143 cm³/mol. The lowest BCUT2D eigenvalue weighted by molar-refractivity contribution is -0.185. The highest BCUT2D eigenvalue weighted by atomic mass is 16.5. The van der Waals surface area contributed by atoms with E-state index >= 15 is 0 Å². The Balaban J connectivity index is 2.13. The molecule has 1 saturated carbocycles. The topological polar surface area (TPSA) is 188 Å². The van der Waals surface area contributed by atoms with E-state index in [1.54, 1.807) is 26.0 Å².